The number of β-amino-alcohol motifs (C(OH)–C–C–N with tert-alkyl or cyclic N) is 1. The highest BCUT2D eigenvalue weighted by Gasteiger charge is 2.32. The zero-order valence-corrected chi connectivity index (χ0v) is 20.9. The summed E-state index contributed by atoms with van der Waals surface area (Å²) in [6, 6.07) is 17.7. The number of aromatic amines is 2. The zero-order valence-electron chi connectivity index (χ0n) is 20.9. The molecule has 5 N–H and O–H groups in total. The van der Waals surface area contributed by atoms with E-state index in [0.29, 0.717) is 34.6 Å². The number of carbonyl (C=O) groups is 2. The largest absolute Gasteiger partial charge is 0.506 e. The first-order valence-electron chi connectivity index (χ1n) is 12.6. The van der Waals surface area contributed by atoms with Gasteiger partial charge in [-0.2, -0.15) is 0 Å². The van der Waals surface area contributed by atoms with Gasteiger partial charge in [-0.1, -0.05) is 18.2 Å². The van der Waals surface area contributed by atoms with Crippen molar-refractivity contribution >= 4 is 56.0 Å². The molecule has 1 atom stereocenters. The number of aliphatic hydroxyl groups is 1. The SMILES string of the molecule is Cc1c[nH]c2c(O)cc3c(c12)CC(O)CN3C(=O)c1cc2cc(NC(=O)c3cc4ccccc4o3)ccc2[nH]1. The van der Waals surface area contributed by atoms with Crippen LogP contribution in [0.5, 0.6) is 5.75 Å². The van der Waals surface area contributed by atoms with Gasteiger partial charge >= 0.3 is 0 Å². The Kier molecular flexibility index (Phi) is 5.04. The lowest BCUT2D eigenvalue weighted by Gasteiger charge is -2.33. The number of phenolic OH excluding ortho intramolecular Hbond substituents is 1. The molecule has 6 aromatic rings. The van der Waals surface area contributed by atoms with Crippen LogP contribution in [0.4, 0.5) is 11.4 Å². The third kappa shape index (κ3) is 3.74. The van der Waals surface area contributed by atoms with E-state index in [1.54, 1.807) is 48.7 Å². The molecule has 0 spiro atoms. The van der Waals surface area contributed by atoms with Crippen molar-refractivity contribution in [1.82, 2.24) is 9.97 Å². The van der Waals surface area contributed by atoms with Crippen molar-refractivity contribution < 1.29 is 24.2 Å². The number of rotatable bonds is 3. The maximum atomic E-state index is 13.7. The Bertz CT molecular complexity index is 1910. The molecule has 39 heavy (non-hydrogen) atoms. The van der Waals surface area contributed by atoms with Gasteiger partial charge in [-0.05, 0) is 54.4 Å². The second-order valence-electron chi connectivity index (χ2n) is 9.98. The number of benzene rings is 3. The molecule has 9 nitrogen and oxygen atoms in total. The van der Waals surface area contributed by atoms with Gasteiger partial charge in [0.1, 0.15) is 17.0 Å². The van der Waals surface area contributed by atoms with E-state index in [0.717, 1.165) is 32.8 Å². The number of phenols is 1. The summed E-state index contributed by atoms with van der Waals surface area (Å²) >= 11 is 0. The van der Waals surface area contributed by atoms with Crippen LogP contribution in [0.2, 0.25) is 0 Å². The van der Waals surface area contributed by atoms with E-state index in [2.05, 4.69) is 15.3 Å². The molecular weight excluding hydrogens is 496 g/mol. The molecule has 4 heterocycles. The van der Waals surface area contributed by atoms with Gasteiger partial charge in [0.25, 0.3) is 11.8 Å². The number of anilines is 2. The molecule has 0 saturated carbocycles. The summed E-state index contributed by atoms with van der Waals surface area (Å²) in [5.74, 6) is -0.445. The van der Waals surface area contributed by atoms with Crippen molar-refractivity contribution in [2.75, 3.05) is 16.8 Å². The molecule has 0 saturated heterocycles. The number of hydrogen-bond donors (Lipinski definition) is 5. The van der Waals surface area contributed by atoms with Crippen molar-refractivity contribution in [2.45, 2.75) is 19.4 Å². The minimum absolute atomic E-state index is 0.0486. The minimum Gasteiger partial charge on any atom is -0.506 e. The summed E-state index contributed by atoms with van der Waals surface area (Å²) in [5.41, 5.74) is 5.17. The number of H-pyrrole nitrogens is 2. The van der Waals surface area contributed by atoms with E-state index in [4.69, 9.17) is 4.42 Å². The van der Waals surface area contributed by atoms with Crippen molar-refractivity contribution in [3.8, 4) is 5.75 Å². The van der Waals surface area contributed by atoms with E-state index in [9.17, 15) is 19.8 Å². The molecule has 0 aliphatic carbocycles. The number of para-hydroxylation sites is 1. The number of nitrogens with one attached hydrogen (secondary N) is 3. The van der Waals surface area contributed by atoms with Crippen LogP contribution in [0.25, 0.3) is 32.8 Å². The highest BCUT2D eigenvalue weighted by atomic mass is 16.3. The van der Waals surface area contributed by atoms with E-state index in [1.165, 1.54) is 4.90 Å². The first-order valence-corrected chi connectivity index (χ1v) is 12.6. The minimum atomic E-state index is -0.743. The maximum Gasteiger partial charge on any atom is 0.291 e. The maximum absolute atomic E-state index is 13.7. The molecule has 7 rings (SSSR count). The van der Waals surface area contributed by atoms with Crippen LogP contribution in [0.15, 0.2) is 71.3 Å². The van der Waals surface area contributed by atoms with Crippen molar-refractivity contribution in [3.05, 3.63) is 89.4 Å². The Morgan fingerprint density at radius 3 is 2.77 bits per heavy atom. The summed E-state index contributed by atoms with van der Waals surface area (Å²) in [7, 11) is 0. The average Bonchev–Trinajstić information content (AvgIpc) is 3.65. The molecule has 0 bridgehead atoms. The van der Waals surface area contributed by atoms with Crippen LogP contribution in [-0.2, 0) is 6.42 Å². The van der Waals surface area contributed by atoms with Crippen LogP contribution in [0.3, 0.4) is 0 Å². The van der Waals surface area contributed by atoms with E-state index < -0.39 is 6.10 Å². The lowest BCUT2D eigenvalue weighted by molar-refractivity contribution is 0.0950. The molecule has 0 radical (unpaired) electrons. The fraction of sp³-hybridized carbons (Fsp3) is 0.133. The highest BCUT2D eigenvalue weighted by Crippen LogP contribution is 2.40. The Labute approximate surface area is 221 Å². The van der Waals surface area contributed by atoms with Gasteiger partial charge in [-0.3, -0.25) is 9.59 Å². The lowest BCUT2D eigenvalue weighted by atomic mass is 9.94. The molecule has 0 fully saturated rings. The third-order valence-corrected chi connectivity index (χ3v) is 7.35. The molecule has 1 unspecified atom stereocenters. The number of aryl methyl sites for hydroxylation is 1. The fourth-order valence-electron chi connectivity index (χ4n) is 5.54. The number of fused-ring (bicyclic) bond motifs is 5. The van der Waals surface area contributed by atoms with Crippen LogP contribution in [-0.4, -0.2) is 44.6 Å². The monoisotopic (exact) mass is 520 g/mol. The van der Waals surface area contributed by atoms with E-state index in [1.807, 2.05) is 25.1 Å². The quantitative estimate of drug-likeness (QED) is 0.218. The molecule has 1 aliphatic rings. The Morgan fingerprint density at radius 1 is 1.08 bits per heavy atom. The first-order chi connectivity index (χ1) is 18.9. The van der Waals surface area contributed by atoms with Crippen LogP contribution in [0, 0.1) is 6.92 Å². The number of hydrogen-bond acceptors (Lipinski definition) is 5. The van der Waals surface area contributed by atoms with Gasteiger partial charge in [0.15, 0.2) is 5.76 Å². The standard InChI is InChI=1S/C30H24N4O5/c1-15-13-31-28-24(36)12-23-20(27(15)28)11-19(35)14-34(23)30(38)22-9-17-8-18(6-7-21(17)33-22)32-29(37)26-10-16-4-2-3-5-25(16)39-26/h2-10,12-13,19,31,33,35-36H,11,14H2,1H3,(H,32,37). The highest BCUT2D eigenvalue weighted by molar-refractivity contribution is 6.11. The molecule has 3 aromatic heterocycles. The fourth-order valence-corrected chi connectivity index (χ4v) is 5.54. The predicted molar refractivity (Wildman–Crippen MR) is 149 cm³/mol. The van der Waals surface area contributed by atoms with Gasteiger partial charge in [-0.15, -0.1) is 0 Å². The second-order valence-corrected chi connectivity index (χ2v) is 9.98. The zero-order chi connectivity index (χ0) is 26.8. The topological polar surface area (TPSA) is 135 Å². The van der Waals surface area contributed by atoms with Gasteiger partial charge in [-0.25, -0.2) is 0 Å². The molecule has 1 aliphatic heterocycles. The Hall–Kier alpha value is -5.02. The Morgan fingerprint density at radius 2 is 1.92 bits per heavy atom. The summed E-state index contributed by atoms with van der Waals surface area (Å²) in [5, 5.41) is 26.5. The molecule has 3 aromatic carbocycles. The summed E-state index contributed by atoms with van der Waals surface area (Å²) in [6.07, 6.45) is 1.45. The summed E-state index contributed by atoms with van der Waals surface area (Å²) < 4.78 is 5.66. The smallest absolute Gasteiger partial charge is 0.291 e. The van der Waals surface area contributed by atoms with Crippen molar-refractivity contribution in [3.63, 3.8) is 0 Å². The summed E-state index contributed by atoms with van der Waals surface area (Å²) in [4.78, 5) is 34.2. The molecule has 9 heteroatoms. The van der Waals surface area contributed by atoms with E-state index >= 15 is 0 Å². The normalized spacial score (nSPS) is 15.2. The summed E-state index contributed by atoms with van der Waals surface area (Å²) in [6.45, 7) is 2.03. The predicted octanol–water partition coefficient (Wildman–Crippen LogP) is 5.23. The number of carbonyl (C=O) groups excluding carboxylic acids is 2. The van der Waals surface area contributed by atoms with Crippen molar-refractivity contribution in [1.29, 1.82) is 0 Å². The molecular formula is C30H24N4O5. The second kappa shape index (κ2) is 8.50. The number of nitrogens with zero attached hydrogens (tertiary/aromatic N) is 1. The van der Waals surface area contributed by atoms with Crippen LogP contribution < -0.4 is 10.2 Å². The average molecular weight is 521 g/mol. The van der Waals surface area contributed by atoms with Gasteiger partial charge < -0.3 is 34.8 Å². The van der Waals surface area contributed by atoms with Crippen molar-refractivity contribution in [2.24, 2.45) is 0 Å². The Balaban J connectivity index is 1.19. The number of furan rings is 1. The molecule has 194 valence electrons. The number of aromatic nitrogens is 2. The number of aromatic hydroxyl groups is 1. The first kappa shape index (κ1) is 23.1. The third-order valence-electron chi connectivity index (χ3n) is 7.35. The van der Waals surface area contributed by atoms with Crippen LogP contribution >= 0.6 is 0 Å². The number of amides is 2. The number of aliphatic hydroxyl groups excluding tert-OH is 1. The van der Waals surface area contributed by atoms with Crippen LogP contribution in [0.1, 0.15) is 32.2 Å². The lowest BCUT2D eigenvalue weighted by Crippen LogP contribution is -2.42. The van der Waals surface area contributed by atoms with Gasteiger partial charge in [0, 0.05) is 46.0 Å². The van der Waals surface area contributed by atoms with E-state index in [-0.39, 0.29) is 29.9 Å². The van der Waals surface area contributed by atoms with Gasteiger partial charge in [0.05, 0.1) is 23.9 Å². The van der Waals surface area contributed by atoms with Gasteiger partial charge in [0.2, 0.25) is 0 Å². The molecule has 2 amide bonds.